The van der Waals surface area contributed by atoms with Crippen molar-refractivity contribution in [1.82, 2.24) is 0 Å². The maximum atomic E-state index is 10.7. The van der Waals surface area contributed by atoms with Crippen molar-refractivity contribution in [2.24, 2.45) is 11.3 Å². The van der Waals surface area contributed by atoms with E-state index < -0.39 is 11.9 Å². The van der Waals surface area contributed by atoms with Gasteiger partial charge in [0.1, 0.15) is 5.78 Å². The van der Waals surface area contributed by atoms with Crippen LogP contribution in [0.15, 0.2) is 0 Å². The minimum atomic E-state index is -0.891. The number of carbonyl (C=O) groups excluding carboxylic acids is 1. The number of rotatable bonds is 3. The third-order valence-electron chi connectivity index (χ3n) is 1.84. The molecular formula is C9H16O3. The molecule has 0 amide bonds. The van der Waals surface area contributed by atoms with Crippen LogP contribution in [0.2, 0.25) is 0 Å². The fourth-order valence-corrected chi connectivity index (χ4v) is 1.05. The van der Waals surface area contributed by atoms with E-state index in [9.17, 15) is 9.59 Å². The van der Waals surface area contributed by atoms with Crippen LogP contribution in [0, 0.1) is 11.3 Å². The molecule has 3 nitrogen and oxygen atoms in total. The molecule has 0 aromatic rings. The normalized spacial score (nSPS) is 14.0. The number of aliphatic carboxylic acids is 1. The van der Waals surface area contributed by atoms with E-state index in [1.807, 2.05) is 20.8 Å². The minimum absolute atomic E-state index is 0.0719. The number of carboxylic acids is 1. The van der Waals surface area contributed by atoms with Crippen LogP contribution in [0.25, 0.3) is 0 Å². The molecule has 1 N–H and O–H groups in total. The number of Topliss-reactive ketones (excluding diaryl/α,β-unsaturated/α-hetero) is 1. The Balaban J connectivity index is 4.46. The van der Waals surface area contributed by atoms with Crippen LogP contribution in [-0.2, 0) is 9.59 Å². The van der Waals surface area contributed by atoms with Gasteiger partial charge in [0.2, 0.25) is 0 Å². The van der Waals surface area contributed by atoms with Crippen molar-refractivity contribution < 1.29 is 14.7 Å². The maximum Gasteiger partial charge on any atom is 0.307 e. The van der Waals surface area contributed by atoms with E-state index in [4.69, 9.17) is 5.11 Å². The van der Waals surface area contributed by atoms with E-state index in [0.717, 1.165) is 0 Å². The summed E-state index contributed by atoms with van der Waals surface area (Å²) in [6.07, 6.45) is 0.124. The van der Waals surface area contributed by atoms with Crippen LogP contribution in [0.1, 0.15) is 34.1 Å². The largest absolute Gasteiger partial charge is 0.481 e. The molecule has 0 unspecified atom stereocenters. The Morgan fingerprint density at radius 3 is 1.83 bits per heavy atom. The minimum Gasteiger partial charge on any atom is -0.481 e. The summed E-state index contributed by atoms with van der Waals surface area (Å²) in [5.74, 6) is -1.54. The fraction of sp³-hybridized carbons (Fsp3) is 0.778. The Labute approximate surface area is 72.8 Å². The number of carboxylic acid groups (broad SMARTS) is 1. The highest BCUT2D eigenvalue weighted by Gasteiger charge is 2.31. The molecule has 70 valence electrons. The molecule has 0 aromatic carbocycles. The zero-order chi connectivity index (χ0) is 9.94. The van der Waals surface area contributed by atoms with Gasteiger partial charge in [0, 0.05) is 6.42 Å². The third kappa shape index (κ3) is 3.51. The molecular weight excluding hydrogens is 156 g/mol. The smallest absolute Gasteiger partial charge is 0.307 e. The molecule has 0 aromatic heterocycles. The Bertz CT molecular complexity index is 188. The molecule has 1 atom stereocenters. The first-order chi connectivity index (χ1) is 5.25. The van der Waals surface area contributed by atoms with Gasteiger partial charge in [-0.25, -0.2) is 0 Å². The highest BCUT2D eigenvalue weighted by molar-refractivity contribution is 5.82. The highest BCUT2D eigenvalue weighted by atomic mass is 16.4. The molecule has 12 heavy (non-hydrogen) atoms. The molecule has 0 aliphatic rings. The lowest BCUT2D eigenvalue weighted by molar-refractivity contribution is -0.147. The van der Waals surface area contributed by atoms with Crippen LogP contribution in [0.4, 0.5) is 0 Å². The van der Waals surface area contributed by atoms with Crippen LogP contribution in [0.5, 0.6) is 0 Å². The standard InChI is InChI=1S/C9H16O3/c1-6(10)5-7(8(11)12)9(2,3)4/h7H,5H2,1-4H3,(H,11,12)/t7-/m1/s1. The van der Waals surface area contributed by atoms with Crippen LogP contribution in [-0.4, -0.2) is 16.9 Å². The van der Waals surface area contributed by atoms with Gasteiger partial charge >= 0.3 is 5.97 Å². The van der Waals surface area contributed by atoms with Gasteiger partial charge in [-0.05, 0) is 12.3 Å². The molecule has 0 fully saturated rings. The van der Waals surface area contributed by atoms with Crippen molar-refractivity contribution in [3.05, 3.63) is 0 Å². The summed E-state index contributed by atoms with van der Waals surface area (Å²) < 4.78 is 0. The molecule has 0 saturated carbocycles. The molecule has 0 saturated heterocycles. The van der Waals surface area contributed by atoms with Crippen molar-refractivity contribution in [3.63, 3.8) is 0 Å². The van der Waals surface area contributed by atoms with Gasteiger partial charge in [-0.15, -0.1) is 0 Å². The monoisotopic (exact) mass is 172 g/mol. The summed E-state index contributed by atoms with van der Waals surface area (Å²) >= 11 is 0. The van der Waals surface area contributed by atoms with E-state index in [0.29, 0.717) is 0 Å². The maximum absolute atomic E-state index is 10.7. The predicted molar refractivity (Wildman–Crippen MR) is 45.9 cm³/mol. The average molecular weight is 172 g/mol. The van der Waals surface area contributed by atoms with E-state index in [-0.39, 0.29) is 17.6 Å². The van der Waals surface area contributed by atoms with Crippen molar-refractivity contribution in [2.45, 2.75) is 34.1 Å². The molecule has 0 rings (SSSR count). The van der Waals surface area contributed by atoms with E-state index in [2.05, 4.69) is 0 Å². The van der Waals surface area contributed by atoms with Crippen LogP contribution < -0.4 is 0 Å². The summed E-state index contributed by atoms with van der Waals surface area (Å²) in [4.78, 5) is 21.5. The highest BCUT2D eigenvalue weighted by Crippen LogP contribution is 2.28. The summed E-state index contributed by atoms with van der Waals surface area (Å²) in [5.41, 5.74) is -0.350. The summed E-state index contributed by atoms with van der Waals surface area (Å²) in [7, 11) is 0. The second-order valence-corrected chi connectivity index (χ2v) is 4.16. The van der Waals surface area contributed by atoms with Gasteiger partial charge in [0.05, 0.1) is 5.92 Å². The Morgan fingerprint density at radius 1 is 1.33 bits per heavy atom. The number of hydrogen-bond donors (Lipinski definition) is 1. The van der Waals surface area contributed by atoms with Gasteiger partial charge in [0.15, 0.2) is 0 Å². The predicted octanol–water partition coefficient (Wildman–Crippen LogP) is 1.71. The summed E-state index contributed by atoms with van der Waals surface area (Å²) in [6.45, 7) is 6.90. The zero-order valence-electron chi connectivity index (χ0n) is 8.05. The Kier molecular flexibility index (Phi) is 3.43. The van der Waals surface area contributed by atoms with Crippen LogP contribution in [0.3, 0.4) is 0 Å². The van der Waals surface area contributed by atoms with Crippen molar-refractivity contribution >= 4 is 11.8 Å². The molecule has 0 radical (unpaired) electrons. The lowest BCUT2D eigenvalue weighted by Gasteiger charge is -2.25. The van der Waals surface area contributed by atoms with E-state index in [1.165, 1.54) is 6.92 Å². The van der Waals surface area contributed by atoms with Gasteiger partial charge in [-0.3, -0.25) is 4.79 Å². The molecule has 0 aliphatic heterocycles. The lowest BCUT2D eigenvalue weighted by Crippen LogP contribution is -2.30. The topological polar surface area (TPSA) is 54.4 Å². The van der Waals surface area contributed by atoms with Crippen molar-refractivity contribution in [3.8, 4) is 0 Å². The quantitative estimate of drug-likeness (QED) is 0.705. The fourth-order valence-electron chi connectivity index (χ4n) is 1.05. The van der Waals surface area contributed by atoms with Gasteiger partial charge in [-0.1, -0.05) is 20.8 Å². The van der Waals surface area contributed by atoms with Crippen molar-refractivity contribution in [2.75, 3.05) is 0 Å². The summed E-state index contributed by atoms with van der Waals surface area (Å²) in [6, 6.07) is 0. The van der Waals surface area contributed by atoms with Gasteiger partial charge < -0.3 is 9.90 Å². The second-order valence-electron chi connectivity index (χ2n) is 4.16. The summed E-state index contributed by atoms with van der Waals surface area (Å²) in [5, 5.41) is 8.81. The van der Waals surface area contributed by atoms with E-state index >= 15 is 0 Å². The first-order valence-corrected chi connectivity index (χ1v) is 3.97. The first kappa shape index (κ1) is 11.1. The Hall–Kier alpha value is -0.860. The van der Waals surface area contributed by atoms with Gasteiger partial charge in [-0.2, -0.15) is 0 Å². The number of carbonyl (C=O) groups is 2. The molecule has 0 bridgehead atoms. The third-order valence-corrected chi connectivity index (χ3v) is 1.84. The van der Waals surface area contributed by atoms with Crippen molar-refractivity contribution in [1.29, 1.82) is 0 Å². The van der Waals surface area contributed by atoms with E-state index in [1.54, 1.807) is 0 Å². The Morgan fingerprint density at radius 2 is 1.75 bits per heavy atom. The molecule has 0 spiro atoms. The van der Waals surface area contributed by atoms with Gasteiger partial charge in [0.25, 0.3) is 0 Å². The number of hydrogen-bond acceptors (Lipinski definition) is 2. The molecule has 3 heteroatoms. The average Bonchev–Trinajstić information content (AvgIpc) is 1.79. The molecule has 0 aliphatic carbocycles. The first-order valence-electron chi connectivity index (χ1n) is 3.97. The second kappa shape index (κ2) is 3.70. The van der Waals surface area contributed by atoms with Crippen LogP contribution >= 0.6 is 0 Å². The number of ketones is 1. The lowest BCUT2D eigenvalue weighted by atomic mass is 9.78. The zero-order valence-corrected chi connectivity index (χ0v) is 8.05. The SMILES string of the molecule is CC(=O)C[C@H](C(=O)O)C(C)(C)C. The molecule has 0 heterocycles.